The maximum Gasteiger partial charge on any atom is 0.314 e. The number of hydrogen-bond acceptors (Lipinski definition) is 3. The minimum absolute atomic E-state index is 0.241. The summed E-state index contributed by atoms with van der Waals surface area (Å²) in [7, 11) is 1.55. The van der Waals surface area contributed by atoms with Crippen molar-refractivity contribution in [1.29, 1.82) is 0 Å². The van der Waals surface area contributed by atoms with Gasteiger partial charge in [-0.25, -0.2) is 9.18 Å². The van der Waals surface area contributed by atoms with Gasteiger partial charge in [-0.05, 0) is 42.9 Å². The molecule has 2 rings (SSSR count). The minimum Gasteiger partial charge on any atom is -0.393 e. The summed E-state index contributed by atoms with van der Waals surface area (Å²) >= 11 is 0. The van der Waals surface area contributed by atoms with Crippen LogP contribution in [0.4, 0.5) is 9.18 Å². The quantitative estimate of drug-likeness (QED) is 0.752. The van der Waals surface area contributed by atoms with E-state index in [0.29, 0.717) is 19.0 Å². The molecular weight excluding hydrogens is 299 g/mol. The molecule has 6 heteroatoms. The van der Waals surface area contributed by atoms with Crippen LogP contribution in [0.2, 0.25) is 0 Å². The average molecular weight is 324 g/mol. The number of amides is 2. The standard InChI is InChI=1S/C17H25FN2O3/c1-23-16(13-5-7-14(18)8-6-13)11-20-17(22)19-10-12-3-2-4-15(21)9-12/h5-8,12,15-16,21H,2-4,9-11H2,1H3,(H2,19,20,22). The molecule has 0 spiro atoms. The van der Waals surface area contributed by atoms with Gasteiger partial charge in [0.05, 0.1) is 12.2 Å². The lowest BCUT2D eigenvalue weighted by atomic mass is 9.87. The first kappa shape index (κ1) is 17.7. The minimum atomic E-state index is -0.321. The van der Waals surface area contributed by atoms with Gasteiger partial charge in [0.1, 0.15) is 5.82 Å². The molecule has 3 atom stereocenters. The lowest BCUT2D eigenvalue weighted by Gasteiger charge is -2.26. The number of halogens is 1. The van der Waals surface area contributed by atoms with Crippen molar-refractivity contribution in [2.45, 2.75) is 37.9 Å². The van der Waals surface area contributed by atoms with Crippen molar-refractivity contribution in [2.75, 3.05) is 20.2 Å². The largest absolute Gasteiger partial charge is 0.393 e. The summed E-state index contributed by atoms with van der Waals surface area (Å²) in [4.78, 5) is 11.9. The number of aliphatic hydroxyl groups is 1. The van der Waals surface area contributed by atoms with Crippen molar-refractivity contribution in [3.05, 3.63) is 35.6 Å². The van der Waals surface area contributed by atoms with Crippen molar-refractivity contribution < 1.29 is 19.0 Å². The first-order valence-electron chi connectivity index (χ1n) is 8.06. The Balaban J connectivity index is 1.73. The van der Waals surface area contributed by atoms with Crippen LogP contribution in [0.3, 0.4) is 0 Å². The first-order valence-corrected chi connectivity index (χ1v) is 8.06. The highest BCUT2D eigenvalue weighted by Gasteiger charge is 2.20. The average Bonchev–Trinajstić information content (AvgIpc) is 2.55. The third-order valence-corrected chi connectivity index (χ3v) is 4.28. The van der Waals surface area contributed by atoms with Crippen molar-refractivity contribution in [3.63, 3.8) is 0 Å². The molecule has 0 radical (unpaired) electrons. The van der Waals surface area contributed by atoms with Crippen molar-refractivity contribution in [2.24, 2.45) is 5.92 Å². The Morgan fingerprint density at radius 3 is 2.74 bits per heavy atom. The molecule has 3 unspecified atom stereocenters. The summed E-state index contributed by atoms with van der Waals surface area (Å²) in [6, 6.07) is 5.78. The lowest BCUT2D eigenvalue weighted by molar-refractivity contribution is 0.0991. The number of aliphatic hydroxyl groups excluding tert-OH is 1. The number of methoxy groups -OCH3 is 1. The van der Waals surface area contributed by atoms with Crippen LogP contribution in [0.15, 0.2) is 24.3 Å². The van der Waals surface area contributed by atoms with Crippen LogP contribution >= 0.6 is 0 Å². The molecule has 128 valence electrons. The van der Waals surface area contributed by atoms with E-state index in [2.05, 4.69) is 10.6 Å². The van der Waals surface area contributed by atoms with Gasteiger partial charge in [-0.2, -0.15) is 0 Å². The summed E-state index contributed by atoms with van der Waals surface area (Å²) in [5.41, 5.74) is 0.810. The zero-order valence-corrected chi connectivity index (χ0v) is 13.4. The van der Waals surface area contributed by atoms with E-state index in [-0.39, 0.29) is 24.1 Å². The Kier molecular flexibility index (Phi) is 6.80. The third kappa shape index (κ3) is 5.80. The number of benzene rings is 1. The zero-order chi connectivity index (χ0) is 16.7. The van der Waals surface area contributed by atoms with Gasteiger partial charge in [0.15, 0.2) is 0 Å². The Hall–Kier alpha value is -1.66. The van der Waals surface area contributed by atoms with E-state index in [1.165, 1.54) is 12.1 Å². The van der Waals surface area contributed by atoms with Gasteiger partial charge in [-0.3, -0.25) is 0 Å². The van der Waals surface area contributed by atoms with E-state index in [9.17, 15) is 14.3 Å². The summed E-state index contributed by atoms with van der Waals surface area (Å²) in [6.45, 7) is 0.873. The van der Waals surface area contributed by atoms with Gasteiger partial charge >= 0.3 is 6.03 Å². The molecule has 1 aromatic rings. The van der Waals surface area contributed by atoms with Crippen LogP contribution in [0.25, 0.3) is 0 Å². The van der Waals surface area contributed by atoms with Gasteiger partial charge in [-0.15, -0.1) is 0 Å². The molecule has 0 aliphatic heterocycles. The highest BCUT2D eigenvalue weighted by molar-refractivity contribution is 5.73. The monoisotopic (exact) mass is 324 g/mol. The highest BCUT2D eigenvalue weighted by Crippen LogP contribution is 2.23. The molecule has 2 amide bonds. The molecule has 1 aliphatic carbocycles. The molecule has 1 aromatic carbocycles. The molecular formula is C17H25FN2O3. The normalized spacial score (nSPS) is 22.4. The van der Waals surface area contributed by atoms with Crippen molar-refractivity contribution in [1.82, 2.24) is 10.6 Å². The fourth-order valence-corrected chi connectivity index (χ4v) is 2.95. The topological polar surface area (TPSA) is 70.6 Å². The Morgan fingerprint density at radius 2 is 2.09 bits per heavy atom. The molecule has 0 saturated heterocycles. The van der Waals surface area contributed by atoms with Crippen LogP contribution in [-0.4, -0.2) is 37.4 Å². The Bertz CT molecular complexity index is 495. The molecule has 1 fully saturated rings. The Labute approximate surface area is 136 Å². The van der Waals surface area contributed by atoms with Crippen LogP contribution in [-0.2, 0) is 4.74 Å². The maximum absolute atomic E-state index is 12.9. The van der Waals surface area contributed by atoms with Crippen molar-refractivity contribution >= 4 is 6.03 Å². The van der Waals surface area contributed by atoms with Crippen LogP contribution in [0.1, 0.15) is 37.4 Å². The van der Waals surface area contributed by atoms with E-state index in [1.54, 1.807) is 19.2 Å². The van der Waals surface area contributed by atoms with E-state index < -0.39 is 0 Å². The number of nitrogens with one attached hydrogen (secondary N) is 2. The summed E-state index contributed by atoms with van der Waals surface area (Å²) in [6.07, 6.45) is 3.08. The molecule has 0 bridgehead atoms. The molecule has 1 aliphatic rings. The zero-order valence-electron chi connectivity index (χ0n) is 13.4. The van der Waals surface area contributed by atoms with Gasteiger partial charge in [-0.1, -0.05) is 18.6 Å². The predicted molar refractivity (Wildman–Crippen MR) is 85.5 cm³/mol. The van der Waals surface area contributed by atoms with E-state index in [0.717, 1.165) is 31.2 Å². The molecule has 1 saturated carbocycles. The Morgan fingerprint density at radius 1 is 1.35 bits per heavy atom. The predicted octanol–water partition coefficient (Wildman–Crippen LogP) is 2.36. The van der Waals surface area contributed by atoms with Gasteiger partial charge in [0.2, 0.25) is 0 Å². The number of carbonyl (C=O) groups excluding carboxylic acids is 1. The maximum atomic E-state index is 12.9. The third-order valence-electron chi connectivity index (χ3n) is 4.28. The smallest absolute Gasteiger partial charge is 0.314 e. The summed E-state index contributed by atoms with van der Waals surface area (Å²) in [5, 5.41) is 15.2. The van der Waals surface area contributed by atoms with Gasteiger partial charge in [0, 0.05) is 20.2 Å². The van der Waals surface area contributed by atoms with Crippen LogP contribution in [0.5, 0.6) is 0 Å². The summed E-state index contributed by atoms with van der Waals surface area (Å²) in [5.74, 6) is 0.0313. The van der Waals surface area contributed by atoms with E-state index in [4.69, 9.17) is 4.74 Å². The second kappa shape index (κ2) is 8.84. The fourth-order valence-electron chi connectivity index (χ4n) is 2.95. The van der Waals surface area contributed by atoms with E-state index in [1.807, 2.05) is 0 Å². The second-order valence-corrected chi connectivity index (χ2v) is 6.05. The fraction of sp³-hybridized carbons (Fsp3) is 0.588. The molecule has 0 aromatic heterocycles. The number of carbonyl (C=O) groups is 1. The number of hydrogen-bond donors (Lipinski definition) is 3. The van der Waals surface area contributed by atoms with E-state index >= 15 is 0 Å². The molecule has 23 heavy (non-hydrogen) atoms. The summed E-state index contributed by atoms with van der Waals surface area (Å²) < 4.78 is 18.3. The number of ether oxygens (including phenoxy) is 1. The molecule has 0 heterocycles. The highest BCUT2D eigenvalue weighted by atomic mass is 19.1. The first-order chi connectivity index (χ1) is 11.1. The van der Waals surface area contributed by atoms with Gasteiger partial charge < -0.3 is 20.5 Å². The van der Waals surface area contributed by atoms with Crippen molar-refractivity contribution in [3.8, 4) is 0 Å². The number of urea groups is 1. The number of rotatable bonds is 6. The van der Waals surface area contributed by atoms with Gasteiger partial charge in [0.25, 0.3) is 0 Å². The lowest BCUT2D eigenvalue weighted by Crippen LogP contribution is -2.41. The molecule has 5 nitrogen and oxygen atoms in total. The SMILES string of the molecule is COC(CNC(=O)NCC1CCCC(O)C1)c1ccc(F)cc1. The van der Waals surface area contributed by atoms with Crippen LogP contribution < -0.4 is 10.6 Å². The second-order valence-electron chi connectivity index (χ2n) is 6.05. The van der Waals surface area contributed by atoms with Crippen LogP contribution in [0, 0.1) is 11.7 Å². The molecule has 3 N–H and O–H groups in total.